The Morgan fingerprint density at radius 2 is 2.00 bits per heavy atom. The van der Waals surface area contributed by atoms with Gasteiger partial charge in [0, 0.05) is 18.4 Å². The van der Waals surface area contributed by atoms with E-state index in [0.29, 0.717) is 18.5 Å². The molecule has 1 aliphatic rings. The van der Waals surface area contributed by atoms with E-state index in [2.05, 4.69) is 10.3 Å². The average molecular weight is 276 g/mol. The van der Waals surface area contributed by atoms with Crippen LogP contribution in [0.4, 0.5) is 0 Å². The van der Waals surface area contributed by atoms with E-state index < -0.39 is 11.4 Å². The fourth-order valence-corrected chi connectivity index (χ4v) is 2.69. The molecule has 0 aliphatic heterocycles. The molecule has 1 heterocycles. The SMILES string of the molecule is O=C(Cc1ccccn1)NCC1(C(=O)O)CCCCC1. The molecule has 0 radical (unpaired) electrons. The van der Waals surface area contributed by atoms with E-state index in [0.717, 1.165) is 19.3 Å². The third-order valence-electron chi connectivity index (χ3n) is 3.96. The van der Waals surface area contributed by atoms with Gasteiger partial charge in [-0.1, -0.05) is 25.3 Å². The Kier molecular flexibility index (Phi) is 4.71. The maximum atomic E-state index is 11.9. The van der Waals surface area contributed by atoms with Gasteiger partial charge in [-0.2, -0.15) is 0 Å². The number of rotatable bonds is 5. The molecule has 2 rings (SSSR count). The Morgan fingerprint density at radius 3 is 2.60 bits per heavy atom. The molecule has 1 saturated carbocycles. The van der Waals surface area contributed by atoms with Gasteiger partial charge in [0.05, 0.1) is 11.8 Å². The molecule has 0 bridgehead atoms. The Labute approximate surface area is 118 Å². The molecule has 108 valence electrons. The number of carboxylic acids is 1. The number of pyridine rings is 1. The van der Waals surface area contributed by atoms with Gasteiger partial charge < -0.3 is 10.4 Å². The van der Waals surface area contributed by atoms with Crippen LogP contribution in [-0.2, 0) is 16.0 Å². The van der Waals surface area contributed by atoms with E-state index in [1.54, 1.807) is 18.3 Å². The van der Waals surface area contributed by atoms with E-state index in [-0.39, 0.29) is 18.9 Å². The number of aliphatic carboxylic acids is 1. The van der Waals surface area contributed by atoms with Gasteiger partial charge in [-0.3, -0.25) is 14.6 Å². The number of carbonyl (C=O) groups is 2. The van der Waals surface area contributed by atoms with Crippen LogP contribution < -0.4 is 5.32 Å². The lowest BCUT2D eigenvalue weighted by atomic mass is 9.74. The number of amides is 1. The lowest BCUT2D eigenvalue weighted by Gasteiger charge is -2.33. The highest BCUT2D eigenvalue weighted by molar-refractivity contribution is 5.80. The van der Waals surface area contributed by atoms with Crippen molar-refractivity contribution < 1.29 is 14.7 Å². The van der Waals surface area contributed by atoms with Crippen LogP contribution in [0.3, 0.4) is 0 Å². The second kappa shape index (κ2) is 6.50. The predicted molar refractivity (Wildman–Crippen MR) is 74.1 cm³/mol. The molecule has 5 nitrogen and oxygen atoms in total. The minimum atomic E-state index is -0.796. The number of aromatic nitrogens is 1. The average Bonchev–Trinajstić information content (AvgIpc) is 2.47. The van der Waals surface area contributed by atoms with Crippen molar-refractivity contribution in [2.24, 2.45) is 5.41 Å². The van der Waals surface area contributed by atoms with Gasteiger partial charge in [0.25, 0.3) is 0 Å². The number of hydrogen-bond donors (Lipinski definition) is 2. The highest BCUT2D eigenvalue weighted by Gasteiger charge is 2.39. The van der Waals surface area contributed by atoms with Crippen molar-refractivity contribution in [2.75, 3.05) is 6.54 Å². The zero-order valence-electron chi connectivity index (χ0n) is 11.5. The Bertz CT molecular complexity index is 467. The van der Waals surface area contributed by atoms with E-state index in [9.17, 15) is 14.7 Å². The van der Waals surface area contributed by atoms with E-state index in [1.165, 1.54) is 0 Å². The van der Waals surface area contributed by atoms with Gasteiger partial charge in [0.2, 0.25) is 5.91 Å². The minimum absolute atomic E-state index is 0.171. The first-order valence-electron chi connectivity index (χ1n) is 7.02. The van der Waals surface area contributed by atoms with E-state index in [4.69, 9.17) is 0 Å². The largest absolute Gasteiger partial charge is 0.481 e. The summed E-state index contributed by atoms with van der Waals surface area (Å²) in [4.78, 5) is 27.4. The third-order valence-corrected chi connectivity index (χ3v) is 3.96. The summed E-state index contributed by atoms with van der Waals surface area (Å²) in [5.41, 5.74) is -0.0871. The molecule has 1 aromatic heterocycles. The fraction of sp³-hybridized carbons (Fsp3) is 0.533. The molecule has 0 spiro atoms. The lowest BCUT2D eigenvalue weighted by Crippen LogP contribution is -2.44. The number of carbonyl (C=O) groups excluding carboxylic acids is 1. The fourth-order valence-electron chi connectivity index (χ4n) is 2.69. The molecule has 0 saturated heterocycles. The smallest absolute Gasteiger partial charge is 0.311 e. The van der Waals surface area contributed by atoms with Crippen molar-refractivity contribution in [1.82, 2.24) is 10.3 Å². The molecular formula is C15H20N2O3. The minimum Gasteiger partial charge on any atom is -0.481 e. The Morgan fingerprint density at radius 1 is 1.25 bits per heavy atom. The third kappa shape index (κ3) is 3.56. The lowest BCUT2D eigenvalue weighted by molar-refractivity contribution is -0.151. The summed E-state index contributed by atoms with van der Waals surface area (Å²) in [5.74, 6) is -0.967. The van der Waals surface area contributed by atoms with Gasteiger partial charge >= 0.3 is 5.97 Å². The molecule has 2 N–H and O–H groups in total. The number of hydrogen-bond acceptors (Lipinski definition) is 3. The molecule has 0 atom stereocenters. The molecular weight excluding hydrogens is 256 g/mol. The van der Waals surface area contributed by atoms with Gasteiger partial charge in [-0.25, -0.2) is 0 Å². The number of nitrogens with one attached hydrogen (secondary N) is 1. The van der Waals surface area contributed by atoms with Crippen LogP contribution in [0.1, 0.15) is 37.8 Å². The summed E-state index contributed by atoms with van der Waals surface area (Å²) in [6.45, 7) is 0.216. The molecule has 1 amide bonds. The van der Waals surface area contributed by atoms with Crippen LogP contribution in [0.15, 0.2) is 24.4 Å². The molecule has 1 aromatic rings. The summed E-state index contributed by atoms with van der Waals surface area (Å²) < 4.78 is 0. The van der Waals surface area contributed by atoms with Crippen molar-refractivity contribution in [3.8, 4) is 0 Å². The van der Waals surface area contributed by atoms with E-state index >= 15 is 0 Å². The zero-order chi connectivity index (χ0) is 14.4. The van der Waals surface area contributed by atoms with Gasteiger partial charge in [0.15, 0.2) is 0 Å². The van der Waals surface area contributed by atoms with Crippen molar-refractivity contribution in [3.05, 3.63) is 30.1 Å². The molecule has 0 aromatic carbocycles. The first-order chi connectivity index (χ1) is 9.62. The second-order valence-corrected chi connectivity index (χ2v) is 5.42. The van der Waals surface area contributed by atoms with Crippen LogP contribution in [0, 0.1) is 5.41 Å². The predicted octanol–water partition coefficient (Wildman–Crippen LogP) is 1.78. The first-order valence-corrected chi connectivity index (χ1v) is 7.02. The zero-order valence-corrected chi connectivity index (χ0v) is 11.5. The maximum Gasteiger partial charge on any atom is 0.311 e. The maximum absolute atomic E-state index is 11.9. The quantitative estimate of drug-likeness (QED) is 0.859. The van der Waals surface area contributed by atoms with Crippen molar-refractivity contribution in [1.29, 1.82) is 0 Å². The van der Waals surface area contributed by atoms with Crippen LogP contribution in [0.25, 0.3) is 0 Å². The van der Waals surface area contributed by atoms with Gasteiger partial charge in [-0.15, -0.1) is 0 Å². The molecule has 1 aliphatic carbocycles. The van der Waals surface area contributed by atoms with Gasteiger partial charge in [0.1, 0.15) is 0 Å². The normalized spacial score (nSPS) is 17.4. The van der Waals surface area contributed by atoms with Gasteiger partial charge in [-0.05, 0) is 25.0 Å². The Balaban J connectivity index is 1.89. The Hall–Kier alpha value is -1.91. The standard InChI is InChI=1S/C15H20N2O3/c18-13(10-12-6-2-5-9-16-12)17-11-15(14(19)20)7-3-1-4-8-15/h2,5-6,9H,1,3-4,7-8,10-11H2,(H,17,18)(H,19,20). The van der Waals surface area contributed by atoms with Crippen LogP contribution in [0.2, 0.25) is 0 Å². The molecule has 0 unspecified atom stereocenters. The highest BCUT2D eigenvalue weighted by atomic mass is 16.4. The number of carboxylic acid groups (broad SMARTS) is 1. The molecule has 20 heavy (non-hydrogen) atoms. The highest BCUT2D eigenvalue weighted by Crippen LogP contribution is 2.35. The second-order valence-electron chi connectivity index (χ2n) is 5.42. The van der Waals surface area contributed by atoms with E-state index in [1.807, 2.05) is 6.07 Å². The van der Waals surface area contributed by atoms with Crippen molar-refractivity contribution in [3.63, 3.8) is 0 Å². The van der Waals surface area contributed by atoms with Crippen molar-refractivity contribution in [2.45, 2.75) is 38.5 Å². The van der Waals surface area contributed by atoms with Crippen LogP contribution >= 0.6 is 0 Å². The summed E-state index contributed by atoms with van der Waals surface area (Å²) >= 11 is 0. The molecule has 5 heteroatoms. The summed E-state index contributed by atoms with van der Waals surface area (Å²) in [6, 6.07) is 5.41. The number of nitrogens with zero attached hydrogens (tertiary/aromatic N) is 1. The summed E-state index contributed by atoms with van der Waals surface area (Å²) in [6.07, 6.45) is 6.04. The summed E-state index contributed by atoms with van der Waals surface area (Å²) in [7, 11) is 0. The van der Waals surface area contributed by atoms with Crippen LogP contribution in [-0.4, -0.2) is 28.5 Å². The molecule has 1 fully saturated rings. The monoisotopic (exact) mass is 276 g/mol. The van der Waals surface area contributed by atoms with Crippen molar-refractivity contribution >= 4 is 11.9 Å². The summed E-state index contributed by atoms with van der Waals surface area (Å²) in [5, 5.41) is 12.2. The topological polar surface area (TPSA) is 79.3 Å². The van der Waals surface area contributed by atoms with Crippen LogP contribution in [0.5, 0.6) is 0 Å². The first kappa shape index (κ1) is 14.5.